The third kappa shape index (κ3) is 5.89. The molecule has 3 N–H and O–H groups in total. The molecule has 0 aliphatic rings. The second-order valence-corrected chi connectivity index (χ2v) is 5.89. The van der Waals surface area contributed by atoms with E-state index in [1.165, 1.54) is 6.07 Å². The normalized spacial score (nSPS) is 11.0. The van der Waals surface area contributed by atoms with Crippen LogP contribution in [0.4, 0.5) is 30.6 Å². The summed E-state index contributed by atoms with van der Waals surface area (Å²) < 4.78 is 37.5. The van der Waals surface area contributed by atoms with Crippen LogP contribution >= 0.6 is 0 Å². The second kappa shape index (κ2) is 9.00. The Morgan fingerprint density at radius 1 is 0.966 bits per heavy atom. The molecule has 2 heterocycles. The molecule has 150 valence electrons. The third-order valence-electron chi connectivity index (χ3n) is 3.75. The van der Waals surface area contributed by atoms with E-state index in [0.717, 1.165) is 12.3 Å². The lowest BCUT2D eigenvalue weighted by Crippen LogP contribution is -2.28. The van der Waals surface area contributed by atoms with Crippen molar-refractivity contribution in [3.8, 4) is 0 Å². The summed E-state index contributed by atoms with van der Waals surface area (Å²) in [7, 11) is 0. The van der Waals surface area contributed by atoms with Crippen LogP contribution in [0.5, 0.6) is 0 Å². The zero-order chi connectivity index (χ0) is 20.7. The van der Waals surface area contributed by atoms with Crippen LogP contribution in [0.2, 0.25) is 0 Å². The average Bonchev–Trinajstić information content (AvgIpc) is 2.72. The maximum atomic E-state index is 12.5. The Labute approximate surface area is 164 Å². The highest BCUT2D eigenvalue weighted by Crippen LogP contribution is 2.28. The zero-order valence-electron chi connectivity index (χ0n) is 15.1. The molecule has 0 spiro atoms. The van der Waals surface area contributed by atoms with Crippen molar-refractivity contribution in [2.45, 2.75) is 6.18 Å². The summed E-state index contributed by atoms with van der Waals surface area (Å²) in [5, 5.41) is 8.58. The first-order chi connectivity index (χ1) is 13.9. The van der Waals surface area contributed by atoms with Gasteiger partial charge in [-0.1, -0.05) is 6.07 Å². The largest absolute Gasteiger partial charge is 0.417 e. The average molecular weight is 402 g/mol. The maximum Gasteiger partial charge on any atom is 0.417 e. The molecule has 2 aromatic heterocycles. The second-order valence-electron chi connectivity index (χ2n) is 5.89. The lowest BCUT2D eigenvalue weighted by atomic mass is 10.2. The number of amides is 1. The Balaban J connectivity index is 1.48. The summed E-state index contributed by atoms with van der Waals surface area (Å²) in [6.45, 7) is 0.570. The predicted octanol–water partition coefficient (Wildman–Crippen LogP) is 3.48. The summed E-state index contributed by atoms with van der Waals surface area (Å²) >= 11 is 0. The molecule has 0 radical (unpaired) electrons. The zero-order valence-corrected chi connectivity index (χ0v) is 15.1. The van der Waals surface area contributed by atoms with Gasteiger partial charge in [-0.15, -0.1) is 0 Å². The summed E-state index contributed by atoms with van der Waals surface area (Å²) in [4.78, 5) is 24.1. The Kier molecular flexibility index (Phi) is 6.22. The van der Waals surface area contributed by atoms with Gasteiger partial charge < -0.3 is 16.0 Å². The molecule has 0 atom stereocenters. The van der Waals surface area contributed by atoms with Gasteiger partial charge in [0.1, 0.15) is 5.82 Å². The van der Waals surface area contributed by atoms with Gasteiger partial charge in [0, 0.05) is 42.9 Å². The van der Waals surface area contributed by atoms with E-state index >= 15 is 0 Å². The number of rotatable bonds is 7. The summed E-state index contributed by atoms with van der Waals surface area (Å²) in [6.07, 6.45) is -0.458. The van der Waals surface area contributed by atoms with Crippen LogP contribution in [-0.2, 0) is 6.18 Å². The summed E-state index contributed by atoms with van der Waals surface area (Å²) in [5.74, 6) is 0.421. The molecule has 7 nitrogen and oxygen atoms in total. The number of pyridine rings is 1. The lowest BCUT2D eigenvalue weighted by Gasteiger charge is -2.10. The first-order valence-electron chi connectivity index (χ1n) is 8.61. The molecule has 3 aromatic rings. The Bertz CT molecular complexity index is 948. The first kappa shape index (κ1) is 20.1. The van der Waals surface area contributed by atoms with Gasteiger partial charge >= 0.3 is 6.18 Å². The van der Waals surface area contributed by atoms with Crippen LogP contribution in [0.25, 0.3) is 0 Å². The van der Waals surface area contributed by atoms with Crippen molar-refractivity contribution in [1.82, 2.24) is 20.3 Å². The minimum atomic E-state index is -4.42. The van der Waals surface area contributed by atoms with Crippen molar-refractivity contribution in [2.75, 3.05) is 23.7 Å². The van der Waals surface area contributed by atoms with Gasteiger partial charge in [-0.2, -0.15) is 13.2 Å². The summed E-state index contributed by atoms with van der Waals surface area (Å²) in [6, 6.07) is 10.7. The Hall–Kier alpha value is -3.69. The van der Waals surface area contributed by atoms with E-state index in [-0.39, 0.29) is 12.5 Å². The van der Waals surface area contributed by atoms with Crippen molar-refractivity contribution in [2.24, 2.45) is 0 Å². The number of anilines is 3. The van der Waals surface area contributed by atoms with Gasteiger partial charge in [0.05, 0.1) is 5.56 Å². The van der Waals surface area contributed by atoms with Crippen LogP contribution in [-0.4, -0.2) is 33.9 Å². The predicted molar refractivity (Wildman–Crippen MR) is 102 cm³/mol. The number of nitrogens with one attached hydrogen (secondary N) is 3. The summed E-state index contributed by atoms with van der Waals surface area (Å²) in [5.41, 5.74) is 0.292. The van der Waals surface area contributed by atoms with Gasteiger partial charge in [0.25, 0.3) is 5.91 Å². The number of halogens is 3. The topological polar surface area (TPSA) is 91.8 Å². The maximum absolute atomic E-state index is 12.5. The molecule has 1 aromatic carbocycles. The van der Waals surface area contributed by atoms with Gasteiger partial charge in [-0.05, 0) is 36.4 Å². The molecule has 1 amide bonds. The van der Waals surface area contributed by atoms with Crippen molar-refractivity contribution in [3.05, 3.63) is 72.2 Å². The molecule has 0 aliphatic heterocycles. The van der Waals surface area contributed by atoms with Crippen LogP contribution in [0.3, 0.4) is 0 Å². The first-order valence-corrected chi connectivity index (χ1v) is 8.61. The van der Waals surface area contributed by atoms with E-state index in [4.69, 9.17) is 0 Å². The van der Waals surface area contributed by atoms with E-state index in [1.807, 2.05) is 0 Å². The number of alkyl halides is 3. The smallest absolute Gasteiger partial charge is 0.368 e. The highest BCUT2D eigenvalue weighted by Gasteiger charge is 2.30. The van der Waals surface area contributed by atoms with E-state index < -0.39 is 11.7 Å². The molecular formula is C19H17F3N6O. The van der Waals surface area contributed by atoms with Crippen LogP contribution < -0.4 is 16.0 Å². The van der Waals surface area contributed by atoms with Crippen LogP contribution in [0.1, 0.15) is 15.9 Å². The highest BCUT2D eigenvalue weighted by atomic mass is 19.4. The Morgan fingerprint density at radius 2 is 1.76 bits per heavy atom. The molecule has 0 unspecified atom stereocenters. The standard InChI is InChI=1S/C19H17F3N6O/c20-19(21,22)14-5-6-16(27-12-14)23-9-10-24-17(29)13-3-1-4-15(11-13)28-18-25-7-2-8-26-18/h1-8,11-12H,9-10H2,(H,23,27)(H,24,29)(H,25,26,28). The molecule has 0 fully saturated rings. The molecule has 0 saturated carbocycles. The molecular weight excluding hydrogens is 385 g/mol. The van der Waals surface area contributed by atoms with Crippen LogP contribution in [0.15, 0.2) is 61.1 Å². The molecule has 0 bridgehead atoms. The number of benzene rings is 1. The van der Waals surface area contributed by atoms with Crippen molar-refractivity contribution in [1.29, 1.82) is 0 Å². The van der Waals surface area contributed by atoms with Crippen molar-refractivity contribution in [3.63, 3.8) is 0 Å². The lowest BCUT2D eigenvalue weighted by molar-refractivity contribution is -0.137. The molecule has 29 heavy (non-hydrogen) atoms. The Morgan fingerprint density at radius 3 is 2.45 bits per heavy atom. The molecule has 0 saturated heterocycles. The monoisotopic (exact) mass is 402 g/mol. The van der Waals surface area contributed by atoms with Gasteiger partial charge in [-0.25, -0.2) is 15.0 Å². The van der Waals surface area contributed by atoms with E-state index in [9.17, 15) is 18.0 Å². The van der Waals surface area contributed by atoms with Gasteiger partial charge in [0.2, 0.25) is 5.95 Å². The van der Waals surface area contributed by atoms with E-state index in [2.05, 4.69) is 30.9 Å². The fourth-order valence-corrected chi connectivity index (χ4v) is 2.37. The van der Waals surface area contributed by atoms with Gasteiger partial charge in [0.15, 0.2) is 0 Å². The number of hydrogen-bond acceptors (Lipinski definition) is 6. The number of nitrogens with zero attached hydrogens (tertiary/aromatic N) is 3. The van der Waals surface area contributed by atoms with Crippen molar-refractivity contribution >= 4 is 23.4 Å². The van der Waals surface area contributed by atoms with Crippen molar-refractivity contribution < 1.29 is 18.0 Å². The fraction of sp³-hybridized carbons (Fsp3) is 0.158. The minimum absolute atomic E-state index is 0.265. The SMILES string of the molecule is O=C(NCCNc1ccc(C(F)(F)F)cn1)c1cccc(Nc2ncccn2)c1. The van der Waals surface area contributed by atoms with E-state index in [1.54, 1.807) is 42.7 Å². The minimum Gasteiger partial charge on any atom is -0.368 e. The fourth-order valence-electron chi connectivity index (χ4n) is 2.37. The van der Waals surface area contributed by atoms with Gasteiger partial charge in [-0.3, -0.25) is 4.79 Å². The van der Waals surface area contributed by atoms with E-state index in [0.29, 0.717) is 29.6 Å². The number of carbonyl (C=O) groups excluding carboxylic acids is 1. The molecule has 0 aliphatic carbocycles. The third-order valence-corrected chi connectivity index (χ3v) is 3.75. The van der Waals surface area contributed by atoms with Crippen LogP contribution in [0, 0.1) is 0 Å². The molecule has 10 heteroatoms. The number of carbonyl (C=O) groups is 1. The number of aromatic nitrogens is 3. The highest BCUT2D eigenvalue weighted by molar-refractivity contribution is 5.95. The number of hydrogen-bond donors (Lipinski definition) is 3. The molecule has 3 rings (SSSR count). The quantitative estimate of drug-likeness (QED) is 0.524.